The fourth-order valence-electron chi connectivity index (χ4n) is 6.11. The van der Waals surface area contributed by atoms with E-state index in [4.69, 9.17) is 10.00 Å². The maximum absolute atomic E-state index is 12.8. The summed E-state index contributed by atoms with van der Waals surface area (Å²) in [6, 6.07) is 17.3. The Labute approximate surface area is 205 Å². The van der Waals surface area contributed by atoms with Gasteiger partial charge in [-0.1, -0.05) is 69.7 Å². The maximum atomic E-state index is 12.8. The Bertz CT molecular complexity index is 940. The van der Waals surface area contributed by atoms with Gasteiger partial charge in [0.2, 0.25) is 0 Å². The van der Waals surface area contributed by atoms with Crippen molar-refractivity contribution in [3.63, 3.8) is 0 Å². The number of hydrogen-bond acceptors (Lipinski definition) is 3. The van der Waals surface area contributed by atoms with Crippen molar-refractivity contribution in [2.75, 3.05) is 0 Å². The molecule has 3 nitrogen and oxygen atoms in total. The number of nitrogens with zero attached hydrogens (tertiary/aromatic N) is 1. The lowest BCUT2D eigenvalue weighted by Gasteiger charge is -2.37. The molecule has 4 rings (SSSR count). The number of hydrogen-bond donors (Lipinski definition) is 0. The molecule has 0 unspecified atom stereocenters. The highest BCUT2D eigenvalue weighted by Gasteiger charge is 2.33. The van der Waals surface area contributed by atoms with E-state index < -0.39 is 0 Å². The Balaban J connectivity index is 1.21. The van der Waals surface area contributed by atoms with Gasteiger partial charge in [-0.25, -0.2) is 0 Å². The summed E-state index contributed by atoms with van der Waals surface area (Å²) in [5.41, 5.74) is 2.74. The normalized spacial score (nSPS) is 24.8. The van der Waals surface area contributed by atoms with E-state index in [-0.39, 0.29) is 11.9 Å². The van der Waals surface area contributed by atoms with Crippen LogP contribution in [0.2, 0.25) is 0 Å². The topological polar surface area (TPSA) is 50.1 Å². The molecule has 0 radical (unpaired) electrons. The fraction of sp³-hybridized carbons (Fsp3) is 0.548. The molecule has 2 aromatic rings. The zero-order valence-electron chi connectivity index (χ0n) is 20.7. The van der Waals surface area contributed by atoms with Crippen LogP contribution in [-0.2, 0) is 4.79 Å². The Kier molecular flexibility index (Phi) is 8.80. The van der Waals surface area contributed by atoms with Crippen LogP contribution in [-0.4, -0.2) is 5.97 Å². The lowest BCUT2D eigenvalue weighted by Crippen LogP contribution is -2.30. The number of carbonyl (C=O) groups is 1. The molecule has 0 heterocycles. The molecule has 180 valence electrons. The van der Waals surface area contributed by atoms with Crippen molar-refractivity contribution in [2.24, 2.45) is 23.7 Å². The predicted molar refractivity (Wildman–Crippen MR) is 137 cm³/mol. The molecule has 34 heavy (non-hydrogen) atoms. The van der Waals surface area contributed by atoms with E-state index in [1.54, 1.807) is 0 Å². The lowest BCUT2D eigenvalue weighted by molar-refractivity contribution is -0.140. The Morgan fingerprint density at radius 2 is 1.38 bits per heavy atom. The number of ether oxygens (including phenoxy) is 1. The number of rotatable bonds is 8. The molecule has 0 atom stereocenters. The van der Waals surface area contributed by atoms with Crippen molar-refractivity contribution in [1.29, 1.82) is 5.26 Å². The van der Waals surface area contributed by atoms with Crippen LogP contribution in [0.1, 0.15) is 89.5 Å². The van der Waals surface area contributed by atoms with Crippen LogP contribution in [0.4, 0.5) is 0 Å². The minimum atomic E-state index is -0.0656. The highest BCUT2D eigenvalue weighted by atomic mass is 16.5. The Morgan fingerprint density at radius 3 is 1.94 bits per heavy atom. The van der Waals surface area contributed by atoms with Crippen molar-refractivity contribution in [2.45, 2.75) is 84.0 Å². The first kappa shape index (κ1) is 24.5. The van der Waals surface area contributed by atoms with Gasteiger partial charge >= 0.3 is 5.97 Å². The summed E-state index contributed by atoms with van der Waals surface area (Å²) in [5, 5.41) is 8.95. The maximum Gasteiger partial charge on any atom is 0.314 e. The van der Waals surface area contributed by atoms with Gasteiger partial charge in [-0.2, -0.15) is 5.26 Å². The second kappa shape index (κ2) is 12.2. The highest BCUT2D eigenvalue weighted by molar-refractivity contribution is 5.75. The number of unbranched alkanes of at least 4 members (excludes halogenated alkanes) is 2. The first-order chi connectivity index (χ1) is 16.7. The van der Waals surface area contributed by atoms with Gasteiger partial charge in [-0.3, -0.25) is 4.79 Å². The van der Waals surface area contributed by atoms with Crippen LogP contribution in [0.5, 0.6) is 5.75 Å². The van der Waals surface area contributed by atoms with Gasteiger partial charge in [0.05, 0.1) is 17.6 Å². The average Bonchev–Trinajstić information content (AvgIpc) is 2.90. The number of benzene rings is 2. The molecule has 2 saturated carbocycles. The van der Waals surface area contributed by atoms with Gasteiger partial charge in [0.15, 0.2) is 0 Å². The third kappa shape index (κ3) is 6.50. The second-order valence-corrected chi connectivity index (χ2v) is 10.5. The molecule has 3 heteroatoms. The zero-order chi connectivity index (χ0) is 23.8. The van der Waals surface area contributed by atoms with Gasteiger partial charge in [0, 0.05) is 0 Å². The fourth-order valence-corrected chi connectivity index (χ4v) is 6.11. The molecule has 0 amide bonds. The number of carbonyl (C=O) groups excluding carboxylic acids is 1. The largest absolute Gasteiger partial charge is 0.426 e. The minimum Gasteiger partial charge on any atom is -0.426 e. The summed E-state index contributed by atoms with van der Waals surface area (Å²) in [6.07, 6.45) is 15.5. The molecule has 0 spiro atoms. The highest BCUT2D eigenvalue weighted by Crippen LogP contribution is 2.42. The summed E-state index contributed by atoms with van der Waals surface area (Å²) in [6.45, 7) is 2.29. The van der Waals surface area contributed by atoms with Crippen molar-refractivity contribution in [1.82, 2.24) is 0 Å². The molecule has 0 bridgehead atoms. The zero-order valence-corrected chi connectivity index (χ0v) is 20.7. The van der Waals surface area contributed by atoms with Crippen molar-refractivity contribution in [3.05, 3.63) is 54.1 Å². The Morgan fingerprint density at radius 1 is 0.824 bits per heavy atom. The van der Waals surface area contributed by atoms with E-state index in [1.165, 1.54) is 64.2 Å². The van der Waals surface area contributed by atoms with E-state index in [0.29, 0.717) is 11.3 Å². The van der Waals surface area contributed by atoms with Gasteiger partial charge in [0.25, 0.3) is 0 Å². The van der Waals surface area contributed by atoms with E-state index in [0.717, 1.165) is 41.7 Å². The molecule has 0 N–H and O–H groups in total. The smallest absolute Gasteiger partial charge is 0.314 e. The van der Waals surface area contributed by atoms with Gasteiger partial charge in [-0.05, 0) is 91.7 Å². The summed E-state index contributed by atoms with van der Waals surface area (Å²) in [5.74, 6) is 3.26. The molecular formula is C31H39NO2. The molecule has 2 aliphatic carbocycles. The first-order valence-corrected chi connectivity index (χ1v) is 13.5. The van der Waals surface area contributed by atoms with Crippen LogP contribution in [0.3, 0.4) is 0 Å². The third-order valence-corrected chi connectivity index (χ3v) is 8.30. The van der Waals surface area contributed by atoms with Gasteiger partial charge in [-0.15, -0.1) is 0 Å². The molecule has 0 aliphatic heterocycles. The van der Waals surface area contributed by atoms with Crippen LogP contribution >= 0.6 is 0 Å². The summed E-state index contributed by atoms with van der Waals surface area (Å²) < 4.78 is 5.74. The Hall–Kier alpha value is -2.60. The van der Waals surface area contributed by atoms with Gasteiger partial charge in [0.1, 0.15) is 5.75 Å². The van der Waals surface area contributed by atoms with Gasteiger partial charge < -0.3 is 4.74 Å². The molecule has 0 aromatic heterocycles. The van der Waals surface area contributed by atoms with Crippen LogP contribution < -0.4 is 4.74 Å². The molecule has 2 aromatic carbocycles. The van der Waals surface area contributed by atoms with Crippen LogP contribution in [0.25, 0.3) is 11.1 Å². The van der Waals surface area contributed by atoms with E-state index in [9.17, 15) is 4.79 Å². The number of esters is 1. The van der Waals surface area contributed by atoms with E-state index >= 15 is 0 Å². The molecule has 2 aliphatic rings. The van der Waals surface area contributed by atoms with E-state index in [2.05, 4.69) is 13.0 Å². The van der Waals surface area contributed by atoms with Crippen molar-refractivity contribution >= 4 is 5.97 Å². The summed E-state index contributed by atoms with van der Waals surface area (Å²) >= 11 is 0. The first-order valence-electron chi connectivity index (χ1n) is 13.5. The minimum absolute atomic E-state index is 0.0415. The second-order valence-electron chi connectivity index (χ2n) is 10.5. The van der Waals surface area contributed by atoms with Crippen molar-refractivity contribution in [3.8, 4) is 22.9 Å². The quantitative estimate of drug-likeness (QED) is 0.227. The van der Waals surface area contributed by atoms with E-state index in [1.807, 2.05) is 48.5 Å². The SMILES string of the molecule is CCCCC[C@H]1CC[C@H]([C@H]2CC[C@H](C(=O)Oc3ccc(-c4ccc(C#N)cc4)cc3)CC2)CC1. The number of nitriles is 1. The van der Waals surface area contributed by atoms with Crippen LogP contribution in [0.15, 0.2) is 48.5 Å². The van der Waals surface area contributed by atoms with Crippen molar-refractivity contribution < 1.29 is 9.53 Å². The predicted octanol–water partition coefficient (Wildman–Crippen LogP) is 8.32. The third-order valence-electron chi connectivity index (χ3n) is 8.30. The standard InChI is InChI=1S/C31H39NO2/c1-2-3-4-5-23-6-10-25(11-7-23)27-14-16-29(17-15-27)31(33)34-30-20-18-28(19-21-30)26-12-8-24(22-32)9-13-26/h8-9,12-13,18-21,23,25,27,29H,2-7,10-11,14-17H2,1H3/t23-,25-,27-,29-. The molecular weight excluding hydrogens is 418 g/mol. The lowest BCUT2D eigenvalue weighted by atomic mass is 9.68. The average molecular weight is 458 g/mol. The summed E-state index contributed by atoms with van der Waals surface area (Å²) in [4.78, 5) is 12.8. The molecule has 0 saturated heterocycles. The van der Waals surface area contributed by atoms with Crippen LogP contribution in [0, 0.1) is 35.0 Å². The summed E-state index contributed by atoms with van der Waals surface area (Å²) in [7, 11) is 0. The monoisotopic (exact) mass is 457 g/mol. The molecule has 2 fully saturated rings.